The Balaban J connectivity index is 2.04. The van der Waals surface area contributed by atoms with Crippen molar-refractivity contribution in [3.8, 4) is 0 Å². The van der Waals surface area contributed by atoms with Gasteiger partial charge in [0.05, 0.1) is 11.8 Å². The molecule has 0 aromatic carbocycles. The van der Waals surface area contributed by atoms with Crippen molar-refractivity contribution in [1.29, 1.82) is 0 Å². The minimum absolute atomic E-state index is 0.00361. The third-order valence-electron chi connectivity index (χ3n) is 2.58. The smallest absolute Gasteiger partial charge is 0.306 e. The lowest BCUT2D eigenvalue weighted by atomic mass is 9.94. The lowest BCUT2D eigenvalue weighted by molar-refractivity contribution is -0.141. The first kappa shape index (κ1) is 6.64. The zero-order chi connectivity index (χ0) is 8.01. The highest BCUT2D eigenvalue weighted by atomic mass is 16.4. The summed E-state index contributed by atoms with van der Waals surface area (Å²) < 4.78 is 0. The molecule has 0 aromatic rings. The first-order valence-electron chi connectivity index (χ1n) is 3.71. The number of carbonyl (C=O) groups is 2. The van der Waals surface area contributed by atoms with Crippen LogP contribution in [0.25, 0.3) is 0 Å². The van der Waals surface area contributed by atoms with Crippen molar-refractivity contribution in [2.24, 2.45) is 11.8 Å². The number of hydrogen-bond donors (Lipinski definition) is 2. The number of carboxylic acids is 1. The predicted octanol–water partition coefficient (Wildman–Crippen LogP) is -0.404. The standard InChI is InChI=1S/C7H9NO3/c9-6-4-1-3(7(10)11)2-5(4)8-6/h3-5H,1-2H2,(H,8,9)(H,10,11). The van der Waals surface area contributed by atoms with E-state index in [4.69, 9.17) is 5.11 Å². The molecule has 3 atom stereocenters. The van der Waals surface area contributed by atoms with Crippen LogP contribution >= 0.6 is 0 Å². The summed E-state index contributed by atoms with van der Waals surface area (Å²) in [5.41, 5.74) is 0. The summed E-state index contributed by atoms with van der Waals surface area (Å²) in [6.07, 6.45) is 1.15. The number of carbonyl (C=O) groups excluding carboxylic acids is 1. The van der Waals surface area contributed by atoms with Crippen LogP contribution in [0.2, 0.25) is 0 Å². The van der Waals surface area contributed by atoms with Gasteiger partial charge in [0.15, 0.2) is 0 Å². The molecule has 2 fully saturated rings. The Labute approximate surface area is 63.6 Å². The van der Waals surface area contributed by atoms with Crippen LogP contribution in [0.4, 0.5) is 0 Å². The molecule has 1 aliphatic carbocycles. The zero-order valence-corrected chi connectivity index (χ0v) is 5.91. The molecule has 11 heavy (non-hydrogen) atoms. The fourth-order valence-electron chi connectivity index (χ4n) is 1.88. The maximum atomic E-state index is 10.8. The van der Waals surface area contributed by atoms with Gasteiger partial charge in [0.25, 0.3) is 0 Å². The van der Waals surface area contributed by atoms with Crippen molar-refractivity contribution in [2.75, 3.05) is 0 Å². The lowest BCUT2D eigenvalue weighted by Crippen LogP contribution is -2.54. The summed E-state index contributed by atoms with van der Waals surface area (Å²) in [7, 11) is 0. The highest BCUT2D eigenvalue weighted by molar-refractivity contribution is 5.88. The van der Waals surface area contributed by atoms with E-state index in [-0.39, 0.29) is 23.8 Å². The largest absolute Gasteiger partial charge is 0.481 e. The van der Waals surface area contributed by atoms with E-state index in [2.05, 4.69) is 5.32 Å². The molecular weight excluding hydrogens is 146 g/mol. The highest BCUT2D eigenvalue weighted by Gasteiger charge is 2.48. The van der Waals surface area contributed by atoms with Crippen LogP contribution in [0.3, 0.4) is 0 Å². The van der Waals surface area contributed by atoms with Gasteiger partial charge in [0.2, 0.25) is 5.91 Å². The molecule has 2 rings (SSSR count). The van der Waals surface area contributed by atoms with Gasteiger partial charge in [-0.15, -0.1) is 0 Å². The summed E-state index contributed by atoms with van der Waals surface area (Å²) in [4.78, 5) is 21.3. The predicted molar refractivity (Wildman–Crippen MR) is 35.8 cm³/mol. The van der Waals surface area contributed by atoms with Crippen molar-refractivity contribution >= 4 is 11.9 Å². The Morgan fingerprint density at radius 2 is 2.27 bits per heavy atom. The fraction of sp³-hybridized carbons (Fsp3) is 0.714. The Morgan fingerprint density at radius 1 is 1.55 bits per heavy atom. The first-order chi connectivity index (χ1) is 5.18. The molecule has 4 heteroatoms. The van der Waals surface area contributed by atoms with Gasteiger partial charge in [-0.05, 0) is 12.8 Å². The second-order valence-corrected chi connectivity index (χ2v) is 3.23. The minimum atomic E-state index is -0.769. The third kappa shape index (κ3) is 0.818. The Kier molecular flexibility index (Phi) is 1.19. The molecule has 0 bridgehead atoms. The van der Waals surface area contributed by atoms with E-state index in [9.17, 15) is 9.59 Å². The molecule has 60 valence electrons. The summed E-state index contributed by atoms with van der Waals surface area (Å²) in [5, 5.41) is 11.3. The average Bonchev–Trinajstić information content (AvgIpc) is 2.26. The highest BCUT2D eigenvalue weighted by Crippen LogP contribution is 2.36. The molecule has 0 aromatic heterocycles. The maximum Gasteiger partial charge on any atom is 0.306 e. The van der Waals surface area contributed by atoms with Crippen LogP contribution in [0.5, 0.6) is 0 Å². The minimum Gasteiger partial charge on any atom is -0.481 e. The molecule has 1 amide bonds. The molecule has 3 unspecified atom stereocenters. The molecule has 1 saturated heterocycles. The van der Waals surface area contributed by atoms with Crippen LogP contribution in [-0.4, -0.2) is 23.0 Å². The summed E-state index contributed by atoms with van der Waals surface area (Å²) in [6.45, 7) is 0. The summed E-state index contributed by atoms with van der Waals surface area (Å²) in [6, 6.07) is 0.156. The van der Waals surface area contributed by atoms with E-state index in [1.807, 2.05) is 0 Å². The van der Waals surface area contributed by atoms with E-state index in [0.29, 0.717) is 12.8 Å². The van der Waals surface area contributed by atoms with Crippen molar-refractivity contribution in [2.45, 2.75) is 18.9 Å². The van der Waals surface area contributed by atoms with Crippen LogP contribution in [-0.2, 0) is 9.59 Å². The molecule has 2 N–H and O–H groups in total. The Hall–Kier alpha value is -1.06. The molecule has 1 saturated carbocycles. The van der Waals surface area contributed by atoms with Crippen LogP contribution in [0.15, 0.2) is 0 Å². The van der Waals surface area contributed by atoms with Gasteiger partial charge in [0.1, 0.15) is 0 Å². The van der Waals surface area contributed by atoms with Gasteiger partial charge in [-0.3, -0.25) is 9.59 Å². The van der Waals surface area contributed by atoms with Gasteiger partial charge < -0.3 is 10.4 Å². The lowest BCUT2D eigenvalue weighted by Gasteiger charge is -2.30. The van der Waals surface area contributed by atoms with Crippen LogP contribution in [0, 0.1) is 11.8 Å². The molecule has 1 heterocycles. The van der Waals surface area contributed by atoms with E-state index >= 15 is 0 Å². The molecule has 4 nitrogen and oxygen atoms in total. The number of fused-ring (bicyclic) bond motifs is 1. The van der Waals surface area contributed by atoms with Crippen molar-refractivity contribution < 1.29 is 14.7 Å². The van der Waals surface area contributed by atoms with Gasteiger partial charge >= 0.3 is 5.97 Å². The van der Waals surface area contributed by atoms with E-state index in [1.54, 1.807) is 0 Å². The molecule has 0 radical (unpaired) electrons. The number of carboxylic acid groups (broad SMARTS) is 1. The second kappa shape index (κ2) is 1.96. The SMILES string of the molecule is O=C(O)C1CC2NC(=O)C2C1. The summed E-state index contributed by atoms with van der Waals surface area (Å²) >= 11 is 0. The van der Waals surface area contributed by atoms with Crippen molar-refractivity contribution in [3.05, 3.63) is 0 Å². The van der Waals surface area contributed by atoms with Gasteiger partial charge in [0, 0.05) is 6.04 Å². The Bertz CT molecular complexity index is 226. The molecule has 1 aliphatic heterocycles. The fourth-order valence-corrected chi connectivity index (χ4v) is 1.88. The molecular formula is C7H9NO3. The topological polar surface area (TPSA) is 66.4 Å². The van der Waals surface area contributed by atoms with Gasteiger partial charge in [-0.2, -0.15) is 0 Å². The van der Waals surface area contributed by atoms with Crippen LogP contribution in [0.1, 0.15) is 12.8 Å². The third-order valence-corrected chi connectivity index (χ3v) is 2.58. The number of rotatable bonds is 1. The number of aliphatic carboxylic acids is 1. The number of hydrogen-bond acceptors (Lipinski definition) is 2. The Morgan fingerprint density at radius 3 is 2.73 bits per heavy atom. The monoisotopic (exact) mass is 155 g/mol. The van der Waals surface area contributed by atoms with Crippen LogP contribution < -0.4 is 5.32 Å². The number of β-lactam (4-membered cyclic amide) rings is 1. The van der Waals surface area contributed by atoms with Crippen molar-refractivity contribution in [1.82, 2.24) is 5.32 Å². The van der Waals surface area contributed by atoms with Crippen molar-refractivity contribution in [3.63, 3.8) is 0 Å². The molecule has 2 aliphatic rings. The van der Waals surface area contributed by atoms with E-state index < -0.39 is 5.97 Å². The first-order valence-corrected chi connectivity index (χ1v) is 3.71. The maximum absolute atomic E-state index is 10.8. The van der Waals surface area contributed by atoms with E-state index in [0.717, 1.165) is 0 Å². The van der Waals surface area contributed by atoms with Gasteiger partial charge in [-0.1, -0.05) is 0 Å². The van der Waals surface area contributed by atoms with Gasteiger partial charge in [-0.25, -0.2) is 0 Å². The van der Waals surface area contributed by atoms with E-state index in [1.165, 1.54) is 0 Å². The normalized spacial score (nSPS) is 40.7. The zero-order valence-electron chi connectivity index (χ0n) is 5.91. The molecule has 0 spiro atoms. The average molecular weight is 155 g/mol. The quantitative estimate of drug-likeness (QED) is 0.506. The second-order valence-electron chi connectivity index (χ2n) is 3.23. The summed E-state index contributed by atoms with van der Waals surface area (Å²) in [5.74, 6) is -1.05. The number of amides is 1. The number of nitrogens with one attached hydrogen (secondary N) is 1.